The predicted molar refractivity (Wildman–Crippen MR) is 92.0 cm³/mol. The topological polar surface area (TPSA) is 79.1 Å². The summed E-state index contributed by atoms with van der Waals surface area (Å²) in [5, 5.41) is 18.9. The molecule has 0 aliphatic rings. The number of nitro benzene ring substituents is 1. The minimum atomic E-state index is -0.424. The molecule has 0 saturated heterocycles. The van der Waals surface area contributed by atoms with Crippen LogP contribution in [0.4, 0.5) is 5.69 Å². The number of aliphatic hydroxyl groups is 1. The van der Waals surface area contributed by atoms with Crippen molar-refractivity contribution in [2.75, 3.05) is 41.4 Å². The maximum Gasteiger partial charge on any atom is 0.269 e. The fourth-order valence-electron chi connectivity index (χ4n) is 1.19. The lowest BCUT2D eigenvalue weighted by molar-refractivity contribution is -0.384. The molecule has 0 aromatic heterocycles. The summed E-state index contributed by atoms with van der Waals surface area (Å²) in [6, 6.07) is 6.70. The number of aliphatic hydroxyl groups excluding tert-OH is 1. The second kappa shape index (κ2) is 10.9. The van der Waals surface area contributed by atoms with Crippen molar-refractivity contribution in [2.24, 2.45) is 0 Å². The van der Waals surface area contributed by atoms with E-state index in [2.05, 4.69) is 0 Å². The maximum absolute atomic E-state index is 10.4. The quantitative estimate of drug-likeness (QED) is 0.608. The summed E-state index contributed by atoms with van der Waals surface area (Å²) in [7, 11) is 7.84. The number of ether oxygens (including phenoxy) is 1. The van der Waals surface area contributed by atoms with E-state index in [1.54, 1.807) is 12.1 Å². The van der Waals surface area contributed by atoms with Gasteiger partial charge >= 0.3 is 0 Å². The van der Waals surface area contributed by atoms with Gasteiger partial charge in [0.05, 0.1) is 11.5 Å². The van der Waals surface area contributed by atoms with Crippen molar-refractivity contribution in [3.63, 3.8) is 0 Å². The number of nitrogens with zero attached hydrogens (tertiary/aromatic N) is 3. The van der Waals surface area contributed by atoms with Crippen LogP contribution in [0.2, 0.25) is 0 Å². The van der Waals surface area contributed by atoms with Crippen LogP contribution in [0, 0.1) is 10.1 Å². The number of benzene rings is 1. The Hall–Kier alpha value is -1.70. The molecule has 0 bridgehead atoms. The molecule has 1 aromatic rings. The third-order valence-electron chi connectivity index (χ3n) is 3.57. The Kier molecular flexibility index (Phi) is 10.1. The Morgan fingerprint density at radius 2 is 1.57 bits per heavy atom. The normalized spacial score (nSPS) is 13.3. The first-order valence-electron chi connectivity index (χ1n) is 7.50. The highest BCUT2D eigenvalue weighted by Crippen LogP contribution is 2.17. The van der Waals surface area contributed by atoms with Gasteiger partial charge < -0.3 is 19.6 Å². The number of likely N-dealkylation sites (N-methyl/N-ethyl adjacent to an activating group) is 2. The molecule has 0 aliphatic heterocycles. The highest BCUT2D eigenvalue weighted by atomic mass is 16.6. The minimum absolute atomic E-state index is 0.0769. The second-order valence-electron chi connectivity index (χ2n) is 5.87. The fraction of sp³-hybridized carbons (Fsp3) is 0.625. The van der Waals surface area contributed by atoms with Crippen LogP contribution >= 0.6 is 0 Å². The molecule has 1 N–H and O–H groups in total. The largest absolute Gasteiger partial charge is 0.492 e. The Labute approximate surface area is 138 Å². The van der Waals surface area contributed by atoms with E-state index in [0.29, 0.717) is 24.4 Å². The first kappa shape index (κ1) is 21.3. The monoisotopic (exact) mass is 327 g/mol. The third-order valence-corrected chi connectivity index (χ3v) is 3.57. The van der Waals surface area contributed by atoms with Gasteiger partial charge in [-0.05, 0) is 54.2 Å². The SMILES string of the molecule is C[C@H](CO)N(C)C.C[C@H](COc1ccc([N+](=O)[O-])cc1)N(C)C. The molecule has 7 heteroatoms. The van der Waals surface area contributed by atoms with Gasteiger partial charge in [0.1, 0.15) is 12.4 Å². The molecule has 1 rings (SSSR count). The zero-order valence-corrected chi connectivity index (χ0v) is 14.9. The minimum Gasteiger partial charge on any atom is -0.492 e. The summed E-state index contributed by atoms with van der Waals surface area (Å²) in [4.78, 5) is 14.0. The van der Waals surface area contributed by atoms with Crippen LogP contribution in [0.3, 0.4) is 0 Å². The molecule has 0 radical (unpaired) electrons. The Morgan fingerprint density at radius 3 is 1.87 bits per heavy atom. The lowest BCUT2D eigenvalue weighted by Crippen LogP contribution is -2.30. The Morgan fingerprint density at radius 1 is 1.09 bits per heavy atom. The molecule has 0 amide bonds. The van der Waals surface area contributed by atoms with E-state index in [1.807, 2.05) is 51.8 Å². The summed E-state index contributed by atoms with van der Waals surface area (Å²) in [5.41, 5.74) is 0.0769. The third kappa shape index (κ3) is 9.12. The average molecular weight is 327 g/mol. The highest BCUT2D eigenvalue weighted by molar-refractivity contribution is 5.35. The molecule has 132 valence electrons. The van der Waals surface area contributed by atoms with Gasteiger partial charge in [-0.1, -0.05) is 0 Å². The second-order valence-corrected chi connectivity index (χ2v) is 5.87. The van der Waals surface area contributed by atoms with Crippen LogP contribution in [0.5, 0.6) is 5.75 Å². The molecule has 0 aliphatic carbocycles. The Balaban J connectivity index is 0.000000585. The summed E-state index contributed by atoms with van der Waals surface area (Å²) >= 11 is 0. The number of hydrogen-bond donors (Lipinski definition) is 1. The smallest absolute Gasteiger partial charge is 0.269 e. The van der Waals surface area contributed by atoms with Gasteiger partial charge in [0.2, 0.25) is 0 Å². The molecule has 0 fully saturated rings. The molecule has 0 heterocycles. The van der Waals surface area contributed by atoms with Crippen molar-refractivity contribution in [3.8, 4) is 5.75 Å². The van der Waals surface area contributed by atoms with Crippen LogP contribution in [-0.4, -0.2) is 73.3 Å². The zero-order valence-electron chi connectivity index (χ0n) is 14.9. The van der Waals surface area contributed by atoms with Crippen LogP contribution in [-0.2, 0) is 0 Å². The standard InChI is InChI=1S/C11H16N2O3.C5H13NO/c1-9(12(2)3)8-16-11-6-4-10(5-7-11)13(14)15;1-5(4-7)6(2)3/h4-7,9H,8H2,1-3H3;5,7H,4H2,1-3H3/t9-;5-/m11/s1. The van der Waals surface area contributed by atoms with Crippen molar-refractivity contribution in [3.05, 3.63) is 34.4 Å². The Bertz CT molecular complexity index is 449. The molecule has 7 nitrogen and oxygen atoms in total. The molecule has 0 spiro atoms. The number of hydrogen-bond acceptors (Lipinski definition) is 6. The van der Waals surface area contributed by atoms with E-state index in [1.165, 1.54) is 12.1 Å². The van der Waals surface area contributed by atoms with Gasteiger partial charge in [-0.25, -0.2) is 0 Å². The predicted octanol–water partition coefficient (Wildman–Crippen LogP) is 1.85. The van der Waals surface area contributed by atoms with Crippen LogP contribution in [0.1, 0.15) is 13.8 Å². The highest BCUT2D eigenvalue weighted by Gasteiger charge is 2.07. The number of nitro groups is 1. The van der Waals surface area contributed by atoms with Gasteiger partial charge in [0.25, 0.3) is 5.69 Å². The average Bonchev–Trinajstić information content (AvgIpc) is 2.52. The number of rotatable bonds is 7. The van der Waals surface area contributed by atoms with Gasteiger partial charge in [-0.2, -0.15) is 0 Å². The summed E-state index contributed by atoms with van der Waals surface area (Å²) in [6.07, 6.45) is 0. The first-order chi connectivity index (χ1) is 10.7. The van der Waals surface area contributed by atoms with Gasteiger partial charge in [0.15, 0.2) is 0 Å². The van der Waals surface area contributed by atoms with E-state index in [4.69, 9.17) is 9.84 Å². The lowest BCUT2D eigenvalue weighted by Gasteiger charge is -2.19. The summed E-state index contributed by atoms with van der Waals surface area (Å²) in [5.74, 6) is 0.652. The molecule has 23 heavy (non-hydrogen) atoms. The van der Waals surface area contributed by atoms with Gasteiger partial charge in [-0.15, -0.1) is 0 Å². The molecular weight excluding hydrogens is 298 g/mol. The number of non-ortho nitro benzene ring substituents is 1. The van der Waals surface area contributed by atoms with Crippen molar-refractivity contribution in [2.45, 2.75) is 25.9 Å². The molecular formula is C16H29N3O4. The van der Waals surface area contributed by atoms with E-state index in [9.17, 15) is 10.1 Å². The molecule has 1 aromatic carbocycles. The fourth-order valence-corrected chi connectivity index (χ4v) is 1.19. The van der Waals surface area contributed by atoms with E-state index >= 15 is 0 Å². The van der Waals surface area contributed by atoms with E-state index in [-0.39, 0.29) is 12.3 Å². The van der Waals surface area contributed by atoms with Crippen molar-refractivity contribution >= 4 is 5.69 Å². The van der Waals surface area contributed by atoms with Crippen LogP contribution < -0.4 is 4.74 Å². The van der Waals surface area contributed by atoms with Crippen molar-refractivity contribution in [1.29, 1.82) is 0 Å². The van der Waals surface area contributed by atoms with E-state index < -0.39 is 4.92 Å². The van der Waals surface area contributed by atoms with Crippen molar-refractivity contribution in [1.82, 2.24) is 9.80 Å². The van der Waals surface area contributed by atoms with Crippen molar-refractivity contribution < 1.29 is 14.8 Å². The molecule has 2 atom stereocenters. The summed E-state index contributed by atoms with van der Waals surface area (Å²) in [6.45, 7) is 4.82. The maximum atomic E-state index is 10.4. The molecule has 0 unspecified atom stereocenters. The van der Waals surface area contributed by atoms with E-state index in [0.717, 1.165) is 0 Å². The molecule has 0 saturated carbocycles. The van der Waals surface area contributed by atoms with Crippen LogP contribution in [0.15, 0.2) is 24.3 Å². The summed E-state index contributed by atoms with van der Waals surface area (Å²) < 4.78 is 5.50. The first-order valence-corrected chi connectivity index (χ1v) is 7.50. The van der Waals surface area contributed by atoms with Gasteiger partial charge in [0, 0.05) is 24.2 Å². The van der Waals surface area contributed by atoms with Crippen LogP contribution in [0.25, 0.3) is 0 Å². The lowest BCUT2D eigenvalue weighted by atomic mass is 10.3. The van der Waals surface area contributed by atoms with Gasteiger partial charge in [-0.3, -0.25) is 10.1 Å². The zero-order chi connectivity index (χ0) is 18.0.